The zero-order valence-corrected chi connectivity index (χ0v) is 21.0. The van der Waals surface area contributed by atoms with Crippen LogP contribution in [0.25, 0.3) is 0 Å². The number of nitrogens with zero attached hydrogens (tertiary/aromatic N) is 1. The van der Waals surface area contributed by atoms with Crippen molar-refractivity contribution >= 4 is 46.6 Å². The monoisotopic (exact) mass is 526 g/mol. The molecule has 3 heterocycles. The Morgan fingerprint density at radius 3 is 2.53 bits per heavy atom. The van der Waals surface area contributed by atoms with Crippen molar-refractivity contribution in [2.45, 2.75) is 23.1 Å². The van der Waals surface area contributed by atoms with Crippen LogP contribution < -0.4 is 19.2 Å². The van der Waals surface area contributed by atoms with Gasteiger partial charge in [0.15, 0.2) is 6.61 Å². The summed E-state index contributed by atoms with van der Waals surface area (Å²) in [5.74, 6) is -1.63. The van der Waals surface area contributed by atoms with E-state index in [9.17, 15) is 19.2 Å². The summed E-state index contributed by atoms with van der Waals surface area (Å²) >= 11 is 2.21. The molecule has 11 heteroatoms. The van der Waals surface area contributed by atoms with Crippen molar-refractivity contribution in [3.63, 3.8) is 0 Å². The number of ether oxygens (including phenoxy) is 3. The highest BCUT2D eigenvalue weighted by molar-refractivity contribution is 8.00. The number of para-hydroxylation sites is 1. The van der Waals surface area contributed by atoms with Gasteiger partial charge in [-0.1, -0.05) is 41.3 Å². The molecule has 1 aromatic heterocycles. The van der Waals surface area contributed by atoms with E-state index in [1.165, 1.54) is 23.8 Å². The summed E-state index contributed by atoms with van der Waals surface area (Å²) in [5.41, 5.74) is 1.06. The predicted molar refractivity (Wildman–Crippen MR) is 134 cm³/mol. The average molecular weight is 527 g/mol. The Morgan fingerprint density at radius 2 is 1.81 bits per heavy atom. The van der Waals surface area contributed by atoms with Gasteiger partial charge in [-0.2, -0.15) is 0 Å². The summed E-state index contributed by atoms with van der Waals surface area (Å²) < 4.78 is 15.9. The van der Waals surface area contributed by atoms with Crippen LogP contribution in [0.1, 0.15) is 23.3 Å². The number of H-pyrrole nitrogens is 1. The van der Waals surface area contributed by atoms with Crippen molar-refractivity contribution in [1.29, 1.82) is 0 Å². The topological polar surface area (TPSA) is 115 Å². The van der Waals surface area contributed by atoms with Gasteiger partial charge in [0.2, 0.25) is 11.8 Å². The van der Waals surface area contributed by atoms with Gasteiger partial charge in [-0.25, -0.2) is 9.69 Å². The summed E-state index contributed by atoms with van der Waals surface area (Å²) in [6.45, 7) is 1.63. The Labute approximate surface area is 214 Å². The molecule has 2 aliphatic heterocycles. The number of carbonyl (C=O) groups excluding carboxylic acids is 3. The maximum atomic E-state index is 13.8. The maximum Gasteiger partial charge on any atom is 0.344 e. The largest absolute Gasteiger partial charge is 0.497 e. The van der Waals surface area contributed by atoms with Crippen LogP contribution in [-0.4, -0.2) is 48.3 Å². The van der Waals surface area contributed by atoms with E-state index in [1.807, 2.05) is 0 Å². The first-order valence-corrected chi connectivity index (χ1v) is 12.9. The Hall–Kier alpha value is -3.57. The number of amides is 2. The molecule has 1 saturated heterocycles. The van der Waals surface area contributed by atoms with Crippen LogP contribution in [0.4, 0.5) is 5.69 Å². The van der Waals surface area contributed by atoms with Crippen LogP contribution in [0.3, 0.4) is 0 Å². The molecule has 0 spiro atoms. The summed E-state index contributed by atoms with van der Waals surface area (Å²) in [6.07, 6.45) is 0. The number of fused-ring (bicyclic) bond motifs is 2. The fraction of sp³-hybridized carbons (Fsp3) is 0.280. The third-order valence-corrected chi connectivity index (χ3v) is 8.46. The molecular weight excluding hydrogens is 504 g/mol. The highest BCUT2D eigenvalue weighted by Crippen LogP contribution is 2.54. The Balaban J connectivity index is 1.57. The van der Waals surface area contributed by atoms with Crippen molar-refractivity contribution in [2.75, 3.05) is 25.2 Å². The van der Waals surface area contributed by atoms with Crippen molar-refractivity contribution in [1.82, 2.24) is 4.98 Å². The van der Waals surface area contributed by atoms with Gasteiger partial charge in [0.25, 0.3) is 0 Å². The lowest BCUT2D eigenvalue weighted by Crippen LogP contribution is -2.32. The number of aromatic nitrogens is 1. The number of nitrogens with one attached hydrogen (secondary N) is 1. The number of aromatic amines is 1. The SMILES string of the molecule is CCOC(=O)COc1ccccc1C1c2sc(=O)[nH]c2SC2C(=O)N(c3ccc(OC)cc3)C(=O)C21. The van der Waals surface area contributed by atoms with Gasteiger partial charge in [-0.15, -0.1) is 0 Å². The molecule has 2 aromatic carbocycles. The maximum absolute atomic E-state index is 13.8. The first-order valence-electron chi connectivity index (χ1n) is 11.2. The first kappa shape index (κ1) is 24.1. The normalized spacial score (nSPS) is 20.6. The van der Waals surface area contributed by atoms with Gasteiger partial charge in [0.05, 0.1) is 30.3 Å². The van der Waals surface area contributed by atoms with Crippen LogP contribution >= 0.6 is 23.1 Å². The molecule has 2 amide bonds. The lowest BCUT2D eigenvalue weighted by Gasteiger charge is -2.30. The second kappa shape index (κ2) is 9.82. The molecule has 5 rings (SSSR count). The minimum atomic E-state index is -0.768. The molecule has 3 unspecified atom stereocenters. The number of thiazole rings is 1. The van der Waals surface area contributed by atoms with Crippen molar-refractivity contribution < 1.29 is 28.6 Å². The van der Waals surface area contributed by atoms with Crippen LogP contribution in [0.2, 0.25) is 0 Å². The highest BCUT2D eigenvalue weighted by Gasteiger charge is 2.56. The summed E-state index contributed by atoms with van der Waals surface area (Å²) in [6, 6.07) is 13.7. The molecule has 0 radical (unpaired) electrons. The van der Waals surface area contributed by atoms with Crippen LogP contribution in [0, 0.1) is 5.92 Å². The molecule has 0 bridgehead atoms. The molecule has 36 heavy (non-hydrogen) atoms. The molecule has 9 nitrogen and oxygen atoms in total. The molecule has 0 saturated carbocycles. The number of esters is 1. The summed E-state index contributed by atoms with van der Waals surface area (Å²) in [7, 11) is 1.54. The van der Waals surface area contributed by atoms with Crippen LogP contribution in [0.15, 0.2) is 58.4 Å². The Kier molecular flexibility index (Phi) is 6.59. The van der Waals surface area contributed by atoms with E-state index in [2.05, 4.69) is 4.98 Å². The fourth-order valence-corrected chi connectivity index (χ4v) is 7.05. The molecule has 1 fully saturated rings. The Morgan fingerprint density at radius 1 is 1.06 bits per heavy atom. The standard InChI is InChI=1S/C25H22N2O7S2/c1-3-33-17(28)12-34-16-7-5-4-6-15(16)18-19-21(35-22-20(18)36-25(31)26-22)24(30)27(23(19)29)13-8-10-14(32-2)11-9-13/h4-11,18-19,21H,3,12H2,1-2H3,(H,26,31). The van der Waals surface area contributed by atoms with E-state index in [0.29, 0.717) is 32.7 Å². The number of methoxy groups -OCH3 is 1. The van der Waals surface area contributed by atoms with E-state index in [-0.39, 0.29) is 29.9 Å². The minimum Gasteiger partial charge on any atom is -0.497 e. The van der Waals surface area contributed by atoms with Gasteiger partial charge in [-0.3, -0.25) is 14.4 Å². The molecule has 186 valence electrons. The van der Waals surface area contributed by atoms with E-state index in [0.717, 1.165) is 11.3 Å². The predicted octanol–water partition coefficient (Wildman–Crippen LogP) is 3.18. The van der Waals surface area contributed by atoms with E-state index in [1.54, 1.807) is 55.5 Å². The molecule has 2 aliphatic rings. The number of benzene rings is 2. The highest BCUT2D eigenvalue weighted by atomic mass is 32.2. The van der Waals surface area contributed by atoms with E-state index < -0.39 is 23.1 Å². The van der Waals surface area contributed by atoms with E-state index >= 15 is 0 Å². The number of thioether (sulfide) groups is 1. The van der Waals surface area contributed by atoms with Gasteiger partial charge in [0, 0.05) is 16.4 Å². The quantitative estimate of drug-likeness (QED) is 0.369. The zero-order valence-electron chi connectivity index (χ0n) is 19.4. The molecular formula is C25H22N2O7S2. The fourth-order valence-electron chi connectivity index (χ4n) is 4.55. The number of imide groups is 1. The summed E-state index contributed by atoms with van der Waals surface area (Å²) in [5, 5.41) is -0.172. The zero-order chi connectivity index (χ0) is 25.4. The van der Waals surface area contributed by atoms with Crippen LogP contribution in [0.5, 0.6) is 11.5 Å². The lowest BCUT2D eigenvalue weighted by atomic mass is 9.82. The Bertz CT molecular complexity index is 1380. The third kappa shape index (κ3) is 4.18. The molecule has 0 aliphatic carbocycles. The number of carbonyl (C=O) groups is 3. The number of anilines is 1. The second-order valence-electron chi connectivity index (χ2n) is 8.09. The lowest BCUT2D eigenvalue weighted by molar-refractivity contribution is -0.145. The molecule has 3 atom stereocenters. The van der Waals surface area contributed by atoms with E-state index in [4.69, 9.17) is 14.2 Å². The van der Waals surface area contributed by atoms with Crippen molar-refractivity contribution in [3.8, 4) is 11.5 Å². The average Bonchev–Trinajstić information content (AvgIpc) is 3.37. The molecule has 3 aromatic rings. The number of hydrogen-bond acceptors (Lipinski definition) is 9. The summed E-state index contributed by atoms with van der Waals surface area (Å²) in [4.78, 5) is 56.0. The van der Waals surface area contributed by atoms with Gasteiger partial charge in [-0.05, 0) is 37.3 Å². The molecule has 1 N–H and O–H groups in total. The van der Waals surface area contributed by atoms with Gasteiger partial charge in [0.1, 0.15) is 16.7 Å². The van der Waals surface area contributed by atoms with Gasteiger partial charge >= 0.3 is 10.8 Å². The van der Waals surface area contributed by atoms with Crippen molar-refractivity contribution in [2.24, 2.45) is 5.92 Å². The number of hydrogen-bond donors (Lipinski definition) is 1. The minimum absolute atomic E-state index is 0.228. The smallest absolute Gasteiger partial charge is 0.344 e. The van der Waals surface area contributed by atoms with Gasteiger partial charge < -0.3 is 19.2 Å². The third-order valence-electron chi connectivity index (χ3n) is 6.06. The van der Waals surface area contributed by atoms with Crippen LogP contribution in [-0.2, 0) is 19.1 Å². The first-order chi connectivity index (χ1) is 17.4. The second-order valence-corrected chi connectivity index (χ2v) is 10.3. The van der Waals surface area contributed by atoms with Crippen molar-refractivity contribution in [3.05, 3.63) is 68.6 Å². The number of rotatable bonds is 7.